The number of aryl methyl sites for hydroxylation is 1. The SMILES string of the molecule is COc1cc2c(C)c[c-]cc2cc1C12CC3CC(CC(C3)C1)C2.[Y]. The standard InChI is InChI=1S/C22H25O.Y/c1-14-4-3-5-18-9-20(21(23-2)10-19(14)18)22-11-15-6-16(12-22)8-17(7-15)13-22;/h4-5,9-10,15-17H,6-8,11-13H2,1-2H3;/q-1;. The van der Waals surface area contributed by atoms with Crippen molar-refractivity contribution in [3.63, 3.8) is 0 Å². The molecule has 4 bridgehead atoms. The molecule has 4 saturated carbocycles. The van der Waals surface area contributed by atoms with Gasteiger partial charge in [-0.05, 0) is 73.3 Å². The van der Waals surface area contributed by atoms with Gasteiger partial charge in [-0.3, -0.25) is 0 Å². The van der Waals surface area contributed by atoms with Gasteiger partial charge in [-0.25, -0.2) is 0 Å². The third kappa shape index (κ3) is 2.50. The summed E-state index contributed by atoms with van der Waals surface area (Å²) in [5.41, 5.74) is 3.17. The number of fused-ring (bicyclic) bond motifs is 1. The van der Waals surface area contributed by atoms with Crippen LogP contribution in [0.3, 0.4) is 0 Å². The second-order valence-corrected chi connectivity index (χ2v) is 8.48. The van der Waals surface area contributed by atoms with Crippen molar-refractivity contribution in [3.05, 3.63) is 41.5 Å². The molecule has 2 heteroatoms. The Balaban J connectivity index is 0.00000146. The fourth-order valence-corrected chi connectivity index (χ4v) is 6.42. The number of ether oxygens (including phenoxy) is 1. The Kier molecular flexibility index (Phi) is 4.33. The van der Waals surface area contributed by atoms with Gasteiger partial charge >= 0.3 is 0 Å². The summed E-state index contributed by atoms with van der Waals surface area (Å²) in [6.07, 6.45) is 8.62. The van der Waals surface area contributed by atoms with Crippen LogP contribution in [-0.2, 0) is 38.1 Å². The molecule has 0 heterocycles. The molecular weight excluding hydrogens is 369 g/mol. The molecule has 2 aromatic rings. The summed E-state index contributed by atoms with van der Waals surface area (Å²) in [5.74, 6) is 4.01. The Labute approximate surface area is 170 Å². The van der Waals surface area contributed by atoms with E-state index >= 15 is 0 Å². The van der Waals surface area contributed by atoms with Crippen LogP contribution in [0.25, 0.3) is 10.8 Å². The maximum absolute atomic E-state index is 5.89. The molecule has 2 aromatic carbocycles. The molecule has 0 atom stereocenters. The van der Waals surface area contributed by atoms with Gasteiger partial charge in [-0.2, -0.15) is 23.8 Å². The Morgan fingerprint density at radius 2 is 1.62 bits per heavy atom. The molecular formula is C22H25OY-. The van der Waals surface area contributed by atoms with E-state index in [1.807, 2.05) is 7.11 Å². The average molecular weight is 394 g/mol. The molecule has 0 aromatic heterocycles. The molecule has 0 N–H and O–H groups in total. The summed E-state index contributed by atoms with van der Waals surface area (Å²) in [5, 5.41) is 2.64. The fourth-order valence-electron chi connectivity index (χ4n) is 6.42. The van der Waals surface area contributed by atoms with Crippen molar-refractivity contribution in [1.29, 1.82) is 0 Å². The van der Waals surface area contributed by atoms with E-state index in [1.165, 1.54) is 60.4 Å². The van der Waals surface area contributed by atoms with Gasteiger partial charge in [0.2, 0.25) is 0 Å². The van der Waals surface area contributed by atoms with Crippen LogP contribution >= 0.6 is 0 Å². The first kappa shape index (κ1) is 17.0. The van der Waals surface area contributed by atoms with E-state index in [1.54, 1.807) is 0 Å². The van der Waals surface area contributed by atoms with Gasteiger partial charge in [0.15, 0.2) is 0 Å². The van der Waals surface area contributed by atoms with E-state index in [0.717, 1.165) is 23.5 Å². The average Bonchev–Trinajstić information content (AvgIpc) is 2.53. The van der Waals surface area contributed by atoms with Crippen LogP contribution in [0, 0.1) is 30.7 Å². The molecule has 0 amide bonds. The van der Waals surface area contributed by atoms with Crippen LogP contribution in [0.4, 0.5) is 0 Å². The van der Waals surface area contributed by atoms with Crippen LogP contribution in [-0.4, -0.2) is 7.11 Å². The van der Waals surface area contributed by atoms with Crippen molar-refractivity contribution < 1.29 is 37.4 Å². The summed E-state index contributed by atoms with van der Waals surface area (Å²) >= 11 is 0. The first-order chi connectivity index (χ1) is 11.2. The largest absolute Gasteiger partial charge is 0.497 e. The maximum atomic E-state index is 5.89. The van der Waals surface area contributed by atoms with Gasteiger partial charge in [0.05, 0.1) is 7.11 Å². The van der Waals surface area contributed by atoms with Crippen molar-refractivity contribution in [3.8, 4) is 5.75 Å². The molecule has 24 heavy (non-hydrogen) atoms. The molecule has 123 valence electrons. The minimum absolute atomic E-state index is 0. The zero-order valence-corrected chi connectivity index (χ0v) is 17.6. The zero-order chi connectivity index (χ0) is 15.6. The van der Waals surface area contributed by atoms with E-state index in [2.05, 4.69) is 37.3 Å². The zero-order valence-electron chi connectivity index (χ0n) is 14.8. The van der Waals surface area contributed by atoms with Crippen LogP contribution < -0.4 is 4.74 Å². The van der Waals surface area contributed by atoms with Crippen molar-refractivity contribution in [1.82, 2.24) is 0 Å². The summed E-state index contributed by atoms with van der Waals surface area (Å²) in [6, 6.07) is 12.2. The Morgan fingerprint density at radius 3 is 2.21 bits per heavy atom. The van der Waals surface area contributed by atoms with Gasteiger partial charge < -0.3 is 4.74 Å². The predicted molar refractivity (Wildman–Crippen MR) is 93.9 cm³/mol. The second-order valence-electron chi connectivity index (χ2n) is 8.48. The third-order valence-corrected chi connectivity index (χ3v) is 6.94. The van der Waals surface area contributed by atoms with Crippen LogP contribution in [0.5, 0.6) is 5.75 Å². The summed E-state index contributed by atoms with van der Waals surface area (Å²) < 4.78 is 5.89. The quantitative estimate of drug-likeness (QED) is 0.618. The summed E-state index contributed by atoms with van der Waals surface area (Å²) in [7, 11) is 1.84. The van der Waals surface area contributed by atoms with Gasteiger partial charge in [-0.1, -0.05) is 6.92 Å². The molecule has 1 radical (unpaired) electrons. The molecule has 0 spiro atoms. The van der Waals surface area contributed by atoms with Crippen molar-refractivity contribution in [2.24, 2.45) is 17.8 Å². The summed E-state index contributed by atoms with van der Waals surface area (Å²) in [6.45, 7) is 2.17. The van der Waals surface area contributed by atoms with E-state index in [4.69, 9.17) is 4.74 Å². The molecule has 6 rings (SSSR count). The maximum Gasteiger partial charge on any atom is 0.120 e. The number of methoxy groups -OCH3 is 1. The predicted octanol–water partition coefficient (Wildman–Crippen LogP) is 5.42. The van der Waals surface area contributed by atoms with Crippen LogP contribution in [0.15, 0.2) is 24.3 Å². The van der Waals surface area contributed by atoms with Gasteiger partial charge in [0, 0.05) is 32.7 Å². The smallest absolute Gasteiger partial charge is 0.120 e. The third-order valence-electron chi connectivity index (χ3n) is 6.94. The van der Waals surface area contributed by atoms with E-state index < -0.39 is 0 Å². The summed E-state index contributed by atoms with van der Waals surface area (Å²) in [4.78, 5) is 0. The normalized spacial score (nSPS) is 33.5. The molecule has 0 aliphatic heterocycles. The van der Waals surface area contributed by atoms with Gasteiger partial charge in [0.25, 0.3) is 0 Å². The number of hydrogen-bond donors (Lipinski definition) is 0. The number of benzene rings is 2. The van der Waals surface area contributed by atoms with Crippen molar-refractivity contribution in [2.45, 2.75) is 50.9 Å². The molecule has 1 nitrogen and oxygen atoms in total. The Hall–Kier alpha value is -0.396. The Bertz CT molecular complexity index is 744. The van der Waals surface area contributed by atoms with Crippen molar-refractivity contribution in [2.75, 3.05) is 7.11 Å². The van der Waals surface area contributed by atoms with Crippen LogP contribution in [0.2, 0.25) is 0 Å². The molecule has 4 aliphatic rings. The molecule has 0 saturated heterocycles. The number of hydrogen-bond acceptors (Lipinski definition) is 1. The Morgan fingerprint density at radius 1 is 1.00 bits per heavy atom. The van der Waals surface area contributed by atoms with E-state index in [-0.39, 0.29) is 32.7 Å². The topological polar surface area (TPSA) is 9.23 Å². The first-order valence-corrected chi connectivity index (χ1v) is 9.16. The first-order valence-electron chi connectivity index (χ1n) is 9.16. The molecule has 4 aliphatic carbocycles. The van der Waals surface area contributed by atoms with E-state index in [9.17, 15) is 0 Å². The second kappa shape index (κ2) is 6.10. The minimum atomic E-state index is 0. The minimum Gasteiger partial charge on any atom is -0.497 e. The van der Waals surface area contributed by atoms with Crippen molar-refractivity contribution >= 4 is 10.8 Å². The number of rotatable bonds is 2. The monoisotopic (exact) mass is 394 g/mol. The van der Waals surface area contributed by atoms with E-state index in [0.29, 0.717) is 5.41 Å². The van der Waals surface area contributed by atoms with Crippen LogP contribution in [0.1, 0.15) is 49.7 Å². The van der Waals surface area contributed by atoms with Gasteiger partial charge in [0.1, 0.15) is 5.75 Å². The fraction of sp³-hybridized carbons (Fsp3) is 0.545. The molecule has 4 fully saturated rings. The molecule has 0 unspecified atom stereocenters. The van der Waals surface area contributed by atoms with Gasteiger partial charge in [-0.15, -0.1) is 16.8 Å².